The second-order valence-corrected chi connectivity index (χ2v) is 7.71. The number of para-hydroxylation sites is 1. The fraction of sp³-hybridized carbons (Fsp3) is 0.208. The van der Waals surface area contributed by atoms with Gasteiger partial charge in [0.1, 0.15) is 17.4 Å². The standard InChI is InChI=1S/C24H23N3O2S/c1-4-11-29-22-8-6-5-7-19(22)13-20(14-25)23(28)27-24-26-21(15-30-24)18-10-9-16(2)17(3)12-18/h5-10,12-13,15H,4,11H2,1-3H3,(H,26,27,28)/b20-13+. The Hall–Kier alpha value is -3.43. The van der Waals surface area contributed by atoms with E-state index in [-0.39, 0.29) is 5.57 Å². The lowest BCUT2D eigenvalue weighted by Crippen LogP contribution is -2.13. The van der Waals surface area contributed by atoms with Gasteiger partial charge >= 0.3 is 0 Å². The molecule has 30 heavy (non-hydrogen) atoms. The van der Waals surface area contributed by atoms with Gasteiger partial charge in [-0.05, 0) is 49.6 Å². The van der Waals surface area contributed by atoms with Crippen LogP contribution in [-0.4, -0.2) is 17.5 Å². The van der Waals surface area contributed by atoms with Gasteiger partial charge in [0.25, 0.3) is 5.91 Å². The summed E-state index contributed by atoms with van der Waals surface area (Å²) in [6, 6.07) is 15.5. The van der Waals surface area contributed by atoms with Crippen molar-refractivity contribution in [2.75, 3.05) is 11.9 Å². The van der Waals surface area contributed by atoms with E-state index in [9.17, 15) is 10.1 Å². The highest BCUT2D eigenvalue weighted by Crippen LogP contribution is 2.27. The fourth-order valence-corrected chi connectivity index (χ4v) is 3.49. The summed E-state index contributed by atoms with van der Waals surface area (Å²) in [6.45, 7) is 6.71. The second kappa shape index (κ2) is 9.86. The van der Waals surface area contributed by atoms with Gasteiger partial charge in [-0.15, -0.1) is 11.3 Å². The highest BCUT2D eigenvalue weighted by molar-refractivity contribution is 7.14. The van der Waals surface area contributed by atoms with E-state index >= 15 is 0 Å². The number of aryl methyl sites for hydroxylation is 2. The molecule has 152 valence electrons. The third-order valence-electron chi connectivity index (χ3n) is 4.57. The lowest BCUT2D eigenvalue weighted by Gasteiger charge is -2.08. The average Bonchev–Trinajstić information content (AvgIpc) is 3.21. The average molecular weight is 418 g/mol. The SMILES string of the molecule is CCCOc1ccccc1/C=C(\C#N)C(=O)Nc1nc(-c2ccc(C)c(C)c2)cs1. The molecule has 0 aliphatic heterocycles. The Kier molecular flexibility index (Phi) is 6.99. The predicted octanol–water partition coefficient (Wildman–Crippen LogP) is 5.76. The van der Waals surface area contributed by atoms with Crippen LogP contribution in [0.3, 0.4) is 0 Å². The summed E-state index contributed by atoms with van der Waals surface area (Å²) in [7, 11) is 0. The largest absolute Gasteiger partial charge is 0.493 e. The van der Waals surface area contributed by atoms with Crippen LogP contribution in [0.2, 0.25) is 0 Å². The summed E-state index contributed by atoms with van der Waals surface area (Å²) >= 11 is 1.33. The van der Waals surface area contributed by atoms with Crippen LogP contribution >= 0.6 is 11.3 Å². The maximum atomic E-state index is 12.6. The molecule has 0 saturated carbocycles. The molecular formula is C24H23N3O2S. The summed E-state index contributed by atoms with van der Waals surface area (Å²) in [5.74, 6) is 0.148. The van der Waals surface area contributed by atoms with Crippen LogP contribution < -0.4 is 10.1 Å². The lowest BCUT2D eigenvalue weighted by molar-refractivity contribution is -0.112. The predicted molar refractivity (Wildman–Crippen MR) is 121 cm³/mol. The van der Waals surface area contributed by atoms with Crippen LogP contribution in [0, 0.1) is 25.2 Å². The van der Waals surface area contributed by atoms with E-state index in [4.69, 9.17) is 4.74 Å². The number of nitrogens with zero attached hydrogens (tertiary/aromatic N) is 2. The zero-order valence-electron chi connectivity index (χ0n) is 17.2. The molecule has 0 aliphatic carbocycles. The van der Waals surface area contributed by atoms with E-state index in [1.54, 1.807) is 0 Å². The third-order valence-corrected chi connectivity index (χ3v) is 5.33. The van der Waals surface area contributed by atoms with Gasteiger partial charge in [0.2, 0.25) is 0 Å². The maximum Gasteiger partial charge on any atom is 0.268 e. The van der Waals surface area contributed by atoms with Crippen molar-refractivity contribution >= 4 is 28.5 Å². The summed E-state index contributed by atoms with van der Waals surface area (Å²) in [5, 5.41) is 14.6. The van der Waals surface area contributed by atoms with E-state index in [1.165, 1.54) is 28.5 Å². The van der Waals surface area contributed by atoms with Crippen molar-refractivity contribution in [3.05, 3.63) is 70.1 Å². The molecule has 0 fully saturated rings. The van der Waals surface area contributed by atoms with Crippen LogP contribution in [0.15, 0.2) is 53.4 Å². The number of hydrogen-bond donors (Lipinski definition) is 1. The monoisotopic (exact) mass is 417 g/mol. The summed E-state index contributed by atoms with van der Waals surface area (Å²) in [6.07, 6.45) is 2.41. The van der Waals surface area contributed by atoms with Gasteiger partial charge in [-0.1, -0.05) is 37.3 Å². The molecule has 1 heterocycles. The molecule has 0 unspecified atom stereocenters. The van der Waals surface area contributed by atoms with E-state index < -0.39 is 5.91 Å². The number of ether oxygens (including phenoxy) is 1. The van der Waals surface area contributed by atoms with Crippen molar-refractivity contribution < 1.29 is 9.53 Å². The van der Waals surface area contributed by atoms with Gasteiger partial charge in [0.05, 0.1) is 12.3 Å². The minimum absolute atomic E-state index is 0.00882. The molecule has 6 heteroatoms. The van der Waals surface area contributed by atoms with Gasteiger partial charge in [-0.3, -0.25) is 10.1 Å². The first-order chi connectivity index (χ1) is 14.5. The Morgan fingerprint density at radius 1 is 1.23 bits per heavy atom. The molecule has 0 atom stereocenters. The molecule has 0 spiro atoms. The number of rotatable bonds is 7. The smallest absolute Gasteiger partial charge is 0.268 e. The maximum absolute atomic E-state index is 12.6. The highest BCUT2D eigenvalue weighted by Gasteiger charge is 2.14. The normalized spacial score (nSPS) is 11.1. The van der Waals surface area contributed by atoms with Crippen molar-refractivity contribution in [3.8, 4) is 23.1 Å². The van der Waals surface area contributed by atoms with Crippen LogP contribution in [0.4, 0.5) is 5.13 Å². The van der Waals surface area contributed by atoms with Crippen molar-refractivity contribution in [1.29, 1.82) is 5.26 Å². The lowest BCUT2D eigenvalue weighted by atomic mass is 10.1. The summed E-state index contributed by atoms with van der Waals surface area (Å²) < 4.78 is 5.70. The summed E-state index contributed by atoms with van der Waals surface area (Å²) in [4.78, 5) is 17.1. The molecule has 0 radical (unpaired) electrons. The minimum atomic E-state index is -0.496. The van der Waals surface area contributed by atoms with Gasteiger partial charge < -0.3 is 4.74 Å². The number of nitrogens with one attached hydrogen (secondary N) is 1. The highest BCUT2D eigenvalue weighted by atomic mass is 32.1. The van der Waals surface area contributed by atoms with Crippen molar-refractivity contribution in [3.63, 3.8) is 0 Å². The molecule has 1 N–H and O–H groups in total. The Labute approximate surface area is 180 Å². The number of anilines is 1. The number of thiazole rings is 1. The van der Waals surface area contributed by atoms with Crippen molar-refractivity contribution in [1.82, 2.24) is 4.98 Å². The first-order valence-corrected chi connectivity index (χ1v) is 10.6. The zero-order valence-corrected chi connectivity index (χ0v) is 18.0. The Balaban J connectivity index is 1.78. The van der Waals surface area contributed by atoms with Gasteiger partial charge in [0.15, 0.2) is 5.13 Å². The van der Waals surface area contributed by atoms with Gasteiger partial charge in [0, 0.05) is 16.5 Å². The van der Waals surface area contributed by atoms with Crippen molar-refractivity contribution in [2.24, 2.45) is 0 Å². The van der Waals surface area contributed by atoms with Crippen LogP contribution in [0.1, 0.15) is 30.0 Å². The third kappa shape index (κ3) is 5.13. The number of nitriles is 1. The Morgan fingerprint density at radius 3 is 2.77 bits per heavy atom. The molecule has 1 aromatic heterocycles. The minimum Gasteiger partial charge on any atom is -0.493 e. The summed E-state index contributed by atoms with van der Waals surface area (Å²) in [5.41, 5.74) is 4.87. The molecule has 2 aromatic carbocycles. The molecular weight excluding hydrogens is 394 g/mol. The zero-order chi connectivity index (χ0) is 21.5. The number of hydrogen-bond acceptors (Lipinski definition) is 5. The van der Waals surface area contributed by atoms with E-state index in [0.717, 1.165) is 17.7 Å². The van der Waals surface area contributed by atoms with Crippen LogP contribution in [0.25, 0.3) is 17.3 Å². The number of carbonyl (C=O) groups is 1. The molecule has 1 amide bonds. The van der Waals surface area contributed by atoms with E-state index in [2.05, 4.69) is 36.3 Å². The number of amides is 1. The quantitative estimate of drug-likeness (QED) is 0.392. The topological polar surface area (TPSA) is 75.0 Å². The molecule has 5 nitrogen and oxygen atoms in total. The number of carbonyl (C=O) groups excluding carboxylic acids is 1. The Morgan fingerprint density at radius 2 is 2.03 bits per heavy atom. The van der Waals surface area contributed by atoms with Gasteiger partial charge in [-0.25, -0.2) is 4.98 Å². The van der Waals surface area contributed by atoms with Gasteiger partial charge in [-0.2, -0.15) is 5.26 Å². The first-order valence-electron chi connectivity index (χ1n) is 9.70. The van der Waals surface area contributed by atoms with Crippen LogP contribution in [0.5, 0.6) is 5.75 Å². The first kappa shape index (κ1) is 21.3. The molecule has 3 aromatic rings. The van der Waals surface area contributed by atoms with E-state index in [0.29, 0.717) is 23.1 Å². The molecule has 0 bridgehead atoms. The molecule has 3 rings (SSSR count). The van der Waals surface area contributed by atoms with Crippen molar-refractivity contribution in [2.45, 2.75) is 27.2 Å². The molecule has 0 aliphatic rings. The van der Waals surface area contributed by atoms with E-state index in [1.807, 2.05) is 48.7 Å². The Bertz CT molecular complexity index is 1130. The molecule has 0 saturated heterocycles. The number of aromatic nitrogens is 1. The number of benzene rings is 2. The second-order valence-electron chi connectivity index (χ2n) is 6.85. The van der Waals surface area contributed by atoms with Crippen LogP contribution in [-0.2, 0) is 4.79 Å². The fourth-order valence-electron chi connectivity index (χ4n) is 2.78.